The molecule has 3 nitrogen and oxygen atoms in total. The number of nitrogens with one attached hydrogen (secondary N) is 1. The summed E-state index contributed by atoms with van der Waals surface area (Å²) >= 11 is 0. The summed E-state index contributed by atoms with van der Waals surface area (Å²) in [4.78, 5) is 4.47. The summed E-state index contributed by atoms with van der Waals surface area (Å²) in [6.07, 6.45) is 0.812. The molecule has 3 aromatic rings. The number of aromatic nitrogens is 2. The molecular formula is C16H13N3. The molecule has 1 N–H and O–H groups in total. The summed E-state index contributed by atoms with van der Waals surface area (Å²) in [5.41, 5.74) is 4.16. The van der Waals surface area contributed by atoms with E-state index < -0.39 is 0 Å². The fraction of sp³-hybridized carbons (Fsp3) is 0.125. The van der Waals surface area contributed by atoms with Crippen molar-refractivity contribution in [2.45, 2.75) is 13.0 Å². The Morgan fingerprint density at radius 1 is 0.947 bits per heavy atom. The second kappa shape index (κ2) is 3.79. The molecule has 0 amide bonds. The molecule has 0 saturated carbocycles. The lowest BCUT2D eigenvalue weighted by molar-refractivity contribution is 0.690. The lowest BCUT2D eigenvalue weighted by atomic mass is 10.00. The van der Waals surface area contributed by atoms with Crippen molar-refractivity contribution in [2.24, 2.45) is 0 Å². The van der Waals surface area contributed by atoms with E-state index in [1.54, 1.807) is 0 Å². The average Bonchev–Trinajstić information content (AvgIpc) is 2.46. The van der Waals surface area contributed by atoms with Gasteiger partial charge in [0.2, 0.25) is 0 Å². The first-order valence-corrected chi connectivity index (χ1v) is 6.43. The molecular weight excluding hydrogens is 234 g/mol. The van der Waals surface area contributed by atoms with E-state index in [-0.39, 0.29) is 0 Å². The van der Waals surface area contributed by atoms with Gasteiger partial charge in [0.15, 0.2) is 5.49 Å². The van der Waals surface area contributed by atoms with Gasteiger partial charge in [0, 0.05) is 18.4 Å². The molecule has 2 heterocycles. The Labute approximate surface area is 110 Å². The SMILES string of the molecule is N=c1nc2n(c3ccccc13)Cc1ccccc1C2. The van der Waals surface area contributed by atoms with Crippen molar-refractivity contribution in [1.29, 1.82) is 5.41 Å². The van der Waals surface area contributed by atoms with E-state index in [4.69, 9.17) is 5.41 Å². The summed E-state index contributed by atoms with van der Waals surface area (Å²) in [7, 11) is 0. The molecule has 0 atom stereocenters. The third-order valence-electron chi connectivity index (χ3n) is 3.80. The molecule has 0 aliphatic carbocycles. The Balaban J connectivity index is 2.04. The van der Waals surface area contributed by atoms with Crippen molar-refractivity contribution in [3.05, 3.63) is 71.0 Å². The molecule has 0 saturated heterocycles. The van der Waals surface area contributed by atoms with E-state index in [9.17, 15) is 0 Å². The maximum Gasteiger partial charge on any atom is 0.155 e. The van der Waals surface area contributed by atoms with Crippen LogP contribution in [-0.2, 0) is 13.0 Å². The van der Waals surface area contributed by atoms with Gasteiger partial charge in [-0.25, -0.2) is 4.98 Å². The largest absolute Gasteiger partial charge is 0.324 e. The van der Waals surface area contributed by atoms with Gasteiger partial charge < -0.3 is 4.57 Å². The van der Waals surface area contributed by atoms with Gasteiger partial charge in [-0.15, -0.1) is 0 Å². The minimum Gasteiger partial charge on any atom is -0.324 e. The highest BCUT2D eigenvalue weighted by molar-refractivity contribution is 5.78. The van der Waals surface area contributed by atoms with Crippen LogP contribution in [0.1, 0.15) is 17.0 Å². The molecule has 2 aromatic carbocycles. The smallest absolute Gasteiger partial charge is 0.155 e. The van der Waals surface area contributed by atoms with E-state index in [1.807, 2.05) is 18.2 Å². The summed E-state index contributed by atoms with van der Waals surface area (Å²) in [6.45, 7) is 0.847. The summed E-state index contributed by atoms with van der Waals surface area (Å²) in [5, 5.41) is 8.99. The van der Waals surface area contributed by atoms with Gasteiger partial charge in [0.1, 0.15) is 5.82 Å². The van der Waals surface area contributed by atoms with Crippen LogP contribution in [-0.4, -0.2) is 9.55 Å². The highest BCUT2D eigenvalue weighted by Gasteiger charge is 2.17. The standard InChI is InChI=1S/C16H13N3/c17-16-13-7-3-4-8-14(13)19-10-12-6-2-1-5-11(12)9-15(19)18-16/h1-8,17H,9-10H2. The van der Waals surface area contributed by atoms with Gasteiger partial charge in [-0.3, -0.25) is 5.41 Å². The van der Waals surface area contributed by atoms with E-state index in [1.165, 1.54) is 11.1 Å². The molecule has 0 bridgehead atoms. The monoisotopic (exact) mass is 247 g/mol. The summed E-state index contributed by atoms with van der Waals surface area (Å²) < 4.78 is 2.23. The molecule has 0 spiro atoms. The Morgan fingerprint density at radius 3 is 2.58 bits per heavy atom. The minimum absolute atomic E-state index is 0.376. The van der Waals surface area contributed by atoms with Crippen molar-refractivity contribution in [3.63, 3.8) is 0 Å². The number of para-hydroxylation sites is 1. The number of benzene rings is 2. The van der Waals surface area contributed by atoms with Crippen LogP contribution >= 0.6 is 0 Å². The Kier molecular flexibility index (Phi) is 2.09. The lowest BCUT2D eigenvalue weighted by Crippen LogP contribution is -2.23. The third kappa shape index (κ3) is 1.51. The highest BCUT2D eigenvalue weighted by atomic mass is 15.1. The van der Waals surface area contributed by atoms with Crippen LogP contribution in [0, 0.1) is 5.41 Å². The molecule has 4 rings (SSSR count). The molecule has 0 unspecified atom stereocenters. The van der Waals surface area contributed by atoms with Crippen LogP contribution in [0.5, 0.6) is 0 Å². The van der Waals surface area contributed by atoms with Crippen molar-refractivity contribution >= 4 is 10.9 Å². The zero-order valence-corrected chi connectivity index (χ0v) is 10.4. The lowest BCUT2D eigenvalue weighted by Gasteiger charge is -2.23. The molecule has 3 heteroatoms. The number of hydrogen-bond acceptors (Lipinski definition) is 2. The average molecular weight is 247 g/mol. The highest BCUT2D eigenvalue weighted by Crippen LogP contribution is 2.23. The molecule has 1 aromatic heterocycles. The fourth-order valence-corrected chi connectivity index (χ4v) is 2.83. The van der Waals surface area contributed by atoms with Crippen molar-refractivity contribution < 1.29 is 0 Å². The molecule has 1 aliphatic rings. The quantitative estimate of drug-likeness (QED) is 0.509. The van der Waals surface area contributed by atoms with Crippen molar-refractivity contribution in [3.8, 4) is 0 Å². The zero-order valence-electron chi connectivity index (χ0n) is 10.4. The van der Waals surface area contributed by atoms with Crippen LogP contribution in [0.25, 0.3) is 10.9 Å². The second-order valence-electron chi connectivity index (χ2n) is 4.93. The normalized spacial score (nSPS) is 13.1. The van der Waals surface area contributed by atoms with Crippen LogP contribution < -0.4 is 5.49 Å². The fourth-order valence-electron chi connectivity index (χ4n) is 2.83. The molecule has 0 radical (unpaired) electrons. The van der Waals surface area contributed by atoms with Gasteiger partial charge in [-0.2, -0.15) is 0 Å². The van der Waals surface area contributed by atoms with E-state index in [2.05, 4.69) is 39.9 Å². The second-order valence-corrected chi connectivity index (χ2v) is 4.93. The van der Waals surface area contributed by atoms with Gasteiger partial charge in [0.25, 0.3) is 0 Å². The number of nitrogens with zero attached hydrogens (tertiary/aromatic N) is 2. The Bertz CT molecular complexity index is 846. The first-order chi connectivity index (χ1) is 9.33. The predicted octanol–water partition coefficient (Wildman–Crippen LogP) is 2.47. The topological polar surface area (TPSA) is 41.7 Å². The molecule has 1 aliphatic heterocycles. The summed E-state index contributed by atoms with van der Waals surface area (Å²) in [5.74, 6) is 0.988. The first-order valence-electron chi connectivity index (χ1n) is 6.43. The number of fused-ring (bicyclic) bond motifs is 4. The summed E-state index contributed by atoms with van der Waals surface area (Å²) in [6, 6.07) is 16.5. The predicted molar refractivity (Wildman–Crippen MR) is 73.9 cm³/mol. The zero-order chi connectivity index (χ0) is 12.8. The first kappa shape index (κ1) is 10.5. The van der Waals surface area contributed by atoms with Crippen LogP contribution in [0.2, 0.25) is 0 Å². The maximum atomic E-state index is 8.06. The molecule has 19 heavy (non-hydrogen) atoms. The maximum absolute atomic E-state index is 8.06. The van der Waals surface area contributed by atoms with E-state index in [0.717, 1.165) is 29.7 Å². The van der Waals surface area contributed by atoms with Gasteiger partial charge >= 0.3 is 0 Å². The van der Waals surface area contributed by atoms with Gasteiger partial charge in [0.05, 0.1) is 5.52 Å². The van der Waals surface area contributed by atoms with Gasteiger partial charge in [-0.05, 0) is 23.3 Å². The van der Waals surface area contributed by atoms with Gasteiger partial charge in [-0.1, -0.05) is 36.4 Å². The van der Waals surface area contributed by atoms with Crippen molar-refractivity contribution in [1.82, 2.24) is 9.55 Å². The third-order valence-corrected chi connectivity index (χ3v) is 3.80. The molecule has 92 valence electrons. The molecule has 0 fully saturated rings. The number of rotatable bonds is 0. The van der Waals surface area contributed by atoms with E-state index >= 15 is 0 Å². The Hall–Kier alpha value is -2.42. The van der Waals surface area contributed by atoms with Crippen LogP contribution in [0.15, 0.2) is 48.5 Å². The number of hydrogen-bond donors (Lipinski definition) is 1. The van der Waals surface area contributed by atoms with Crippen LogP contribution in [0.3, 0.4) is 0 Å². The Morgan fingerprint density at radius 2 is 1.68 bits per heavy atom. The van der Waals surface area contributed by atoms with Crippen LogP contribution in [0.4, 0.5) is 0 Å². The van der Waals surface area contributed by atoms with E-state index in [0.29, 0.717) is 5.49 Å². The minimum atomic E-state index is 0.376. The van der Waals surface area contributed by atoms with Crippen molar-refractivity contribution in [2.75, 3.05) is 0 Å².